The van der Waals surface area contributed by atoms with Crippen molar-refractivity contribution in [2.45, 2.75) is 33.9 Å². The quantitative estimate of drug-likeness (QED) is 0.362. The van der Waals surface area contributed by atoms with Gasteiger partial charge in [0.05, 0.1) is 0 Å². The molecular weight excluding hydrogens is 177 g/mol. The summed E-state index contributed by atoms with van der Waals surface area (Å²) in [7, 11) is 0. The minimum absolute atomic E-state index is 0.202. The smallest absolute Gasteiger partial charge is 0.163 e. The average molecular weight is 198 g/mol. The van der Waals surface area contributed by atoms with Gasteiger partial charge in [0, 0.05) is 5.92 Å². The second-order valence-corrected chi connectivity index (χ2v) is 3.56. The number of hydrogen-bond donors (Lipinski definition) is 0. The van der Waals surface area contributed by atoms with Crippen LogP contribution in [0.5, 0.6) is 0 Å². The lowest BCUT2D eigenvalue weighted by Crippen LogP contribution is -2.18. The summed E-state index contributed by atoms with van der Waals surface area (Å²) in [6, 6.07) is 0. The van der Waals surface area contributed by atoms with Crippen LogP contribution < -0.4 is 0 Å². The molecule has 0 bridgehead atoms. The Balaban J connectivity index is 4.33. The van der Waals surface area contributed by atoms with Crippen molar-refractivity contribution < 1.29 is 8.97 Å². The predicted molar refractivity (Wildman–Crippen MR) is 60.6 cm³/mol. The van der Waals surface area contributed by atoms with Crippen molar-refractivity contribution in [2.24, 2.45) is 5.92 Å². The molecule has 0 aliphatic heterocycles. The monoisotopic (exact) mass is 198 g/mol. The number of allylic oxidation sites excluding steroid dienone is 2. The first kappa shape index (κ1) is 13.1. The Kier molecular flexibility index (Phi) is 6.09. The van der Waals surface area contributed by atoms with Crippen molar-refractivity contribution in [1.29, 1.82) is 0 Å². The van der Waals surface area contributed by atoms with Crippen LogP contribution in [0.15, 0.2) is 23.9 Å². The van der Waals surface area contributed by atoms with Gasteiger partial charge in [0.2, 0.25) is 0 Å². The molecule has 0 aromatic rings. The summed E-state index contributed by atoms with van der Waals surface area (Å²) in [4.78, 5) is 0. The van der Waals surface area contributed by atoms with Crippen LogP contribution in [0.3, 0.4) is 0 Å². The largest absolute Gasteiger partial charge is 0.243 e. The highest BCUT2D eigenvalue weighted by Crippen LogP contribution is 2.17. The van der Waals surface area contributed by atoms with Gasteiger partial charge in [-0.05, 0) is 32.4 Å². The van der Waals surface area contributed by atoms with Gasteiger partial charge in [-0.2, -0.15) is 0 Å². The van der Waals surface area contributed by atoms with Gasteiger partial charge in [0.25, 0.3) is 0 Å². The van der Waals surface area contributed by atoms with Crippen LogP contribution in [0, 0.1) is 5.92 Å². The Labute approximate surface area is 86.6 Å². The Bertz CT molecular complexity index is 239. The second-order valence-electron chi connectivity index (χ2n) is 3.56. The predicted octanol–water partition coefficient (Wildman–Crippen LogP) is 3.17. The molecule has 0 saturated carbocycles. The molecule has 0 saturated heterocycles. The molecule has 2 unspecified atom stereocenters. The van der Waals surface area contributed by atoms with E-state index in [0.29, 0.717) is 0 Å². The third-order valence-electron chi connectivity index (χ3n) is 2.23. The van der Waals surface area contributed by atoms with Crippen molar-refractivity contribution in [3.8, 4) is 0 Å². The molecule has 0 radical (unpaired) electrons. The molecular formula is C12H21FN+. The highest BCUT2D eigenvalue weighted by atomic mass is 19.1. The van der Waals surface area contributed by atoms with Crippen molar-refractivity contribution in [2.75, 3.05) is 6.54 Å². The zero-order chi connectivity index (χ0) is 11.1. The van der Waals surface area contributed by atoms with Gasteiger partial charge >= 0.3 is 0 Å². The highest BCUT2D eigenvalue weighted by Gasteiger charge is 2.17. The van der Waals surface area contributed by atoms with E-state index in [1.807, 2.05) is 43.7 Å². The van der Waals surface area contributed by atoms with Crippen LogP contribution in [-0.4, -0.2) is 24.0 Å². The lowest BCUT2D eigenvalue weighted by atomic mass is 9.97. The number of rotatable bonds is 5. The second kappa shape index (κ2) is 6.52. The van der Waals surface area contributed by atoms with Gasteiger partial charge in [0.15, 0.2) is 12.7 Å². The molecule has 14 heavy (non-hydrogen) atoms. The van der Waals surface area contributed by atoms with Gasteiger partial charge in [-0.15, -0.1) is 0 Å². The van der Waals surface area contributed by atoms with Crippen molar-refractivity contribution in [3.63, 3.8) is 0 Å². The molecule has 0 N–H and O–H groups in total. The molecule has 2 heteroatoms. The van der Waals surface area contributed by atoms with E-state index in [2.05, 4.69) is 6.72 Å². The molecule has 0 heterocycles. The molecule has 0 fully saturated rings. The first-order chi connectivity index (χ1) is 6.52. The Morgan fingerprint density at radius 2 is 2.00 bits per heavy atom. The van der Waals surface area contributed by atoms with Crippen LogP contribution in [0.25, 0.3) is 0 Å². The van der Waals surface area contributed by atoms with Crippen LogP contribution >= 0.6 is 0 Å². The molecule has 0 aromatic carbocycles. The van der Waals surface area contributed by atoms with Gasteiger partial charge in [-0.3, -0.25) is 0 Å². The maximum absolute atomic E-state index is 13.1. The SMILES string of the molecule is C=[N+](C=CC)CC(C)C(=CC)C(C)F. The van der Waals surface area contributed by atoms with E-state index >= 15 is 0 Å². The summed E-state index contributed by atoms with van der Waals surface area (Å²) in [5.74, 6) is 0.202. The molecule has 1 nitrogen and oxygen atoms in total. The maximum atomic E-state index is 13.1. The van der Waals surface area contributed by atoms with E-state index in [9.17, 15) is 4.39 Å². The van der Waals surface area contributed by atoms with Gasteiger partial charge in [-0.1, -0.05) is 13.0 Å². The molecule has 0 aliphatic carbocycles. The summed E-state index contributed by atoms with van der Waals surface area (Å²) < 4.78 is 15.0. The maximum Gasteiger partial charge on any atom is 0.163 e. The minimum atomic E-state index is -0.867. The fourth-order valence-electron chi connectivity index (χ4n) is 1.64. The van der Waals surface area contributed by atoms with Crippen molar-refractivity contribution in [1.82, 2.24) is 0 Å². The normalized spacial score (nSPS) is 17.1. The van der Waals surface area contributed by atoms with Crippen molar-refractivity contribution in [3.05, 3.63) is 23.9 Å². The van der Waals surface area contributed by atoms with E-state index in [1.54, 1.807) is 6.92 Å². The first-order valence-corrected chi connectivity index (χ1v) is 5.03. The number of hydrogen-bond acceptors (Lipinski definition) is 0. The Morgan fingerprint density at radius 3 is 2.36 bits per heavy atom. The van der Waals surface area contributed by atoms with Gasteiger partial charge < -0.3 is 0 Å². The van der Waals surface area contributed by atoms with Crippen LogP contribution in [0.1, 0.15) is 27.7 Å². The molecule has 0 aliphatic rings. The van der Waals surface area contributed by atoms with E-state index in [0.717, 1.165) is 12.1 Å². The summed E-state index contributed by atoms with van der Waals surface area (Å²) >= 11 is 0. The summed E-state index contributed by atoms with van der Waals surface area (Å²) in [5.41, 5.74) is 0.850. The van der Waals surface area contributed by atoms with Crippen LogP contribution in [-0.2, 0) is 0 Å². The van der Waals surface area contributed by atoms with Gasteiger partial charge in [-0.25, -0.2) is 8.97 Å². The topological polar surface area (TPSA) is 3.01 Å². The first-order valence-electron chi connectivity index (χ1n) is 5.03. The zero-order valence-corrected chi connectivity index (χ0v) is 9.63. The fraction of sp³-hybridized carbons (Fsp3) is 0.583. The summed E-state index contributed by atoms with van der Waals surface area (Å²) in [6.07, 6.45) is 4.81. The molecule has 80 valence electrons. The van der Waals surface area contributed by atoms with E-state index < -0.39 is 6.17 Å². The summed E-state index contributed by atoms with van der Waals surface area (Å²) in [6.45, 7) is 12.0. The number of nitrogens with zero attached hydrogens (tertiary/aromatic N) is 1. The molecule has 0 aromatic heterocycles. The Hall–Kier alpha value is -0.920. The van der Waals surface area contributed by atoms with E-state index in [4.69, 9.17) is 0 Å². The third kappa shape index (κ3) is 4.35. The lowest BCUT2D eigenvalue weighted by molar-refractivity contribution is -0.454. The lowest BCUT2D eigenvalue weighted by Gasteiger charge is -2.14. The minimum Gasteiger partial charge on any atom is -0.243 e. The zero-order valence-electron chi connectivity index (χ0n) is 9.63. The van der Waals surface area contributed by atoms with E-state index in [-0.39, 0.29) is 5.92 Å². The number of alkyl halides is 1. The van der Waals surface area contributed by atoms with E-state index in [1.165, 1.54) is 0 Å². The van der Waals surface area contributed by atoms with Crippen LogP contribution in [0.4, 0.5) is 4.39 Å². The summed E-state index contributed by atoms with van der Waals surface area (Å²) in [5, 5.41) is 0. The van der Waals surface area contributed by atoms with Crippen molar-refractivity contribution >= 4 is 6.72 Å². The number of halogens is 1. The van der Waals surface area contributed by atoms with Gasteiger partial charge in [0.1, 0.15) is 12.9 Å². The molecule has 0 spiro atoms. The highest BCUT2D eigenvalue weighted by molar-refractivity contribution is 5.16. The molecule has 2 atom stereocenters. The van der Waals surface area contributed by atoms with Crippen LogP contribution in [0.2, 0.25) is 0 Å². The fourth-order valence-corrected chi connectivity index (χ4v) is 1.64. The average Bonchev–Trinajstić information content (AvgIpc) is 2.04. The molecule has 0 amide bonds. The standard InChI is InChI=1S/C12H21FN/c1-6-8-14(5)9-10(3)12(7-2)11(4)13/h6-8,10-11H,5,9H2,1-4H3/q+1. The third-order valence-corrected chi connectivity index (χ3v) is 2.23. The molecule has 0 rings (SSSR count). The Morgan fingerprint density at radius 1 is 1.43 bits per heavy atom.